The van der Waals surface area contributed by atoms with E-state index in [0.29, 0.717) is 11.6 Å². The number of methoxy groups -OCH3 is 1. The molecular weight excluding hydrogens is 266 g/mol. The predicted molar refractivity (Wildman–Crippen MR) is 75.1 cm³/mol. The minimum atomic E-state index is -0.346. The van der Waals surface area contributed by atoms with Gasteiger partial charge in [-0.3, -0.25) is 14.8 Å². The molecule has 108 valence electrons. The number of hydrogen-bond donors (Lipinski definition) is 1. The van der Waals surface area contributed by atoms with Crippen LogP contribution in [-0.2, 0) is 29.5 Å². The van der Waals surface area contributed by atoms with Crippen LogP contribution in [0.1, 0.15) is 32.2 Å². The highest BCUT2D eigenvalue weighted by Gasteiger charge is 2.23. The summed E-state index contributed by atoms with van der Waals surface area (Å²) in [6.45, 7) is 6.44. The maximum atomic E-state index is 11.7. The molecule has 6 heteroatoms. The molecule has 1 rings (SSSR count). The van der Waals surface area contributed by atoms with Crippen LogP contribution >= 0.6 is 11.6 Å². The Hall–Kier alpha value is -1.07. The molecule has 1 unspecified atom stereocenters. The minimum Gasteiger partial charge on any atom is -0.468 e. The molecule has 0 aliphatic carbocycles. The van der Waals surface area contributed by atoms with E-state index in [1.54, 1.807) is 4.68 Å². The van der Waals surface area contributed by atoms with Crippen molar-refractivity contribution < 1.29 is 9.53 Å². The molecule has 1 aromatic heterocycles. The highest BCUT2D eigenvalue weighted by atomic mass is 35.5. The second kappa shape index (κ2) is 6.91. The van der Waals surface area contributed by atoms with E-state index in [4.69, 9.17) is 16.3 Å². The van der Waals surface area contributed by atoms with Gasteiger partial charge in [-0.15, -0.1) is 0 Å². The molecule has 0 aliphatic rings. The van der Waals surface area contributed by atoms with Gasteiger partial charge < -0.3 is 4.74 Å². The van der Waals surface area contributed by atoms with E-state index < -0.39 is 0 Å². The van der Waals surface area contributed by atoms with E-state index in [0.717, 1.165) is 17.8 Å². The van der Waals surface area contributed by atoms with Crippen molar-refractivity contribution in [1.82, 2.24) is 15.1 Å². The van der Waals surface area contributed by atoms with E-state index in [9.17, 15) is 4.79 Å². The number of nitrogens with one attached hydrogen (secondary N) is 1. The normalized spacial score (nSPS) is 12.8. The summed E-state index contributed by atoms with van der Waals surface area (Å²) in [5.74, 6) is -0.117. The van der Waals surface area contributed by atoms with Gasteiger partial charge >= 0.3 is 5.97 Å². The molecule has 0 saturated heterocycles. The molecule has 0 amide bonds. The van der Waals surface area contributed by atoms with Crippen LogP contribution in [0.4, 0.5) is 0 Å². The van der Waals surface area contributed by atoms with Crippen LogP contribution in [0.3, 0.4) is 0 Å². The van der Waals surface area contributed by atoms with Crippen molar-refractivity contribution in [3.63, 3.8) is 0 Å². The van der Waals surface area contributed by atoms with Crippen LogP contribution in [0, 0.1) is 5.92 Å². The molecule has 19 heavy (non-hydrogen) atoms. The second-order valence-electron chi connectivity index (χ2n) is 4.81. The van der Waals surface area contributed by atoms with E-state index in [-0.39, 0.29) is 17.9 Å². The van der Waals surface area contributed by atoms with Crippen LogP contribution in [0.15, 0.2) is 0 Å². The number of rotatable bonds is 6. The Bertz CT molecular complexity index is 443. The lowest BCUT2D eigenvalue weighted by molar-refractivity contribution is -0.144. The van der Waals surface area contributed by atoms with Gasteiger partial charge in [-0.25, -0.2) is 0 Å². The standard InChI is InChI=1S/C13H22ClN3O2/c1-6-9-11(14)10(17(4)16-9)7-15-12(8(2)3)13(18)19-5/h8,12,15H,6-7H2,1-5H3. The summed E-state index contributed by atoms with van der Waals surface area (Å²) in [4.78, 5) is 11.7. The highest BCUT2D eigenvalue weighted by molar-refractivity contribution is 6.31. The molecule has 1 atom stereocenters. The van der Waals surface area contributed by atoms with E-state index >= 15 is 0 Å². The smallest absolute Gasteiger partial charge is 0.323 e. The minimum absolute atomic E-state index is 0.144. The van der Waals surface area contributed by atoms with E-state index in [1.807, 2.05) is 27.8 Å². The third-order valence-corrected chi connectivity index (χ3v) is 3.55. The first-order chi connectivity index (χ1) is 8.92. The quantitative estimate of drug-likeness (QED) is 0.812. The molecule has 0 saturated carbocycles. The number of ether oxygens (including phenoxy) is 1. The van der Waals surface area contributed by atoms with Gasteiger partial charge in [0.25, 0.3) is 0 Å². The Labute approximate surface area is 119 Å². The summed E-state index contributed by atoms with van der Waals surface area (Å²) >= 11 is 6.27. The number of halogens is 1. The van der Waals surface area contributed by atoms with Crippen LogP contribution < -0.4 is 5.32 Å². The maximum absolute atomic E-state index is 11.7. The molecule has 0 aliphatic heterocycles. The molecule has 1 aromatic rings. The summed E-state index contributed by atoms with van der Waals surface area (Å²) in [5, 5.41) is 8.20. The largest absolute Gasteiger partial charge is 0.468 e. The number of esters is 1. The first kappa shape index (κ1) is 16.0. The second-order valence-corrected chi connectivity index (χ2v) is 5.19. The molecule has 0 radical (unpaired) electrons. The first-order valence-corrected chi connectivity index (χ1v) is 6.81. The molecular formula is C13H22ClN3O2. The maximum Gasteiger partial charge on any atom is 0.323 e. The van der Waals surface area contributed by atoms with Gasteiger partial charge in [-0.1, -0.05) is 32.4 Å². The molecule has 0 aromatic carbocycles. The molecule has 0 spiro atoms. The molecule has 0 bridgehead atoms. The first-order valence-electron chi connectivity index (χ1n) is 6.43. The number of carbonyl (C=O) groups is 1. The van der Waals surface area contributed by atoms with Crippen molar-refractivity contribution in [1.29, 1.82) is 0 Å². The molecule has 1 N–H and O–H groups in total. The average molecular weight is 288 g/mol. The van der Waals surface area contributed by atoms with Crippen molar-refractivity contribution in [2.75, 3.05) is 7.11 Å². The van der Waals surface area contributed by atoms with Crippen molar-refractivity contribution in [3.05, 3.63) is 16.4 Å². The van der Waals surface area contributed by atoms with Crippen LogP contribution in [-0.4, -0.2) is 28.9 Å². The Morgan fingerprint density at radius 2 is 2.16 bits per heavy atom. The summed E-state index contributed by atoms with van der Waals surface area (Å²) in [5.41, 5.74) is 1.76. The van der Waals surface area contributed by atoms with E-state index in [2.05, 4.69) is 10.4 Å². The molecule has 0 fully saturated rings. The third-order valence-electron chi connectivity index (χ3n) is 3.11. The zero-order chi connectivity index (χ0) is 14.6. The summed E-state index contributed by atoms with van der Waals surface area (Å²) in [6, 6.07) is -0.346. The lowest BCUT2D eigenvalue weighted by Crippen LogP contribution is -2.41. The van der Waals surface area contributed by atoms with Crippen LogP contribution in [0.5, 0.6) is 0 Å². The third kappa shape index (κ3) is 3.70. The number of nitrogens with zero attached hydrogens (tertiary/aromatic N) is 2. The van der Waals surface area contributed by atoms with Gasteiger partial charge in [0, 0.05) is 13.6 Å². The highest BCUT2D eigenvalue weighted by Crippen LogP contribution is 2.21. The number of aryl methyl sites for hydroxylation is 2. The van der Waals surface area contributed by atoms with Crippen molar-refractivity contribution in [2.24, 2.45) is 13.0 Å². The molecule has 5 nitrogen and oxygen atoms in total. The summed E-state index contributed by atoms with van der Waals surface area (Å²) in [6.07, 6.45) is 0.789. The Morgan fingerprint density at radius 1 is 1.53 bits per heavy atom. The number of aromatic nitrogens is 2. The lowest BCUT2D eigenvalue weighted by Gasteiger charge is -2.19. The Morgan fingerprint density at radius 3 is 2.58 bits per heavy atom. The van der Waals surface area contributed by atoms with Crippen LogP contribution in [0.2, 0.25) is 5.02 Å². The molecule has 1 heterocycles. The fourth-order valence-electron chi connectivity index (χ4n) is 1.94. The van der Waals surface area contributed by atoms with Crippen molar-refractivity contribution in [3.8, 4) is 0 Å². The summed E-state index contributed by atoms with van der Waals surface area (Å²) in [7, 11) is 3.25. The fourth-order valence-corrected chi connectivity index (χ4v) is 2.30. The van der Waals surface area contributed by atoms with Crippen molar-refractivity contribution in [2.45, 2.75) is 39.8 Å². The Balaban J connectivity index is 2.80. The number of hydrogen-bond acceptors (Lipinski definition) is 4. The van der Waals surface area contributed by atoms with Gasteiger partial charge in [-0.05, 0) is 12.3 Å². The average Bonchev–Trinajstić information content (AvgIpc) is 2.64. The zero-order valence-corrected chi connectivity index (χ0v) is 12.9. The van der Waals surface area contributed by atoms with Gasteiger partial charge in [-0.2, -0.15) is 5.10 Å². The predicted octanol–water partition coefficient (Wildman–Crippen LogP) is 1.92. The lowest BCUT2D eigenvalue weighted by atomic mass is 10.0. The van der Waals surface area contributed by atoms with Crippen molar-refractivity contribution >= 4 is 17.6 Å². The van der Waals surface area contributed by atoms with Gasteiger partial charge in [0.15, 0.2) is 0 Å². The van der Waals surface area contributed by atoms with Gasteiger partial charge in [0.1, 0.15) is 6.04 Å². The van der Waals surface area contributed by atoms with Crippen LogP contribution in [0.25, 0.3) is 0 Å². The zero-order valence-electron chi connectivity index (χ0n) is 12.2. The topological polar surface area (TPSA) is 56.2 Å². The monoisotopic (exact) mass is 287 g/mol. The number of carbonyl (C=O) groups excluding carboxylic acids is 1. The SMILES string of the molecule is CCc1nn(C)c(CNC(C(=O)OC)C(C)C)c1Cl. The Kier molecular flexibility index (Phi) is 5.82. The summed E-state index contributed by atoms with van der Waals surface area (Å²) < 4.78 is 6.54. The van der Waals surface area contributed by atoms with Gasteiger partial charge in [0.2, 0.25) is 0 Å². The van der Waals surface area contributed by atoms with E-state index in [1.165, 1.54) is 7.11 Å². The fraction of sp³-hybridized carbons (Fsp3) is 0.692. The van der Waals surface area contributed by atoms with Gasteiger partial charge in [0.05, 0.1) is 23.5 Å².